The summed E-state index contributed by atoms with van der Waals surface area (Å²) in [5.41, 5.74) is 1.34. The molecular formula is C15H17FN2O2S. The monoisotopic (exact) mass is 308 g/mol. The van der Waals surface area contributed by atoms with Gasteiger partial charge in [-0.3, -0.25) is 9.29 Å². The van der Waals surface area contributed by atoms with Gasteiger partial charge in [0, 0.05) is 18.9 Å². The molecule has 0 N–H and O–H groups in total. The summed E-state index contributed by atoms with van der Waals surface area (Å²) in [5, 5.41) is 0. The lowest BCUT2D eigenvalue weighted by atomic mass is 10.1. The molecule has 112 valence electrons. The molecule has 0 bridgehead atoms. The summed E-state index contributed by atoms with van der Waals surface area (Å²) >= 11 is 0. The Morgan fingerprint density at radius 1 is 1.14 bits per heavy atom. The third-order valence-corrected chi connectivity index (χ3v) is 5.42. The second-order valence-electron chi connectivity index (χ2n) is 4.74. The van der Waals surface area contributed by atoms with E-state index in [1.165, 1.54) is 28.8 Å². The van der Waals surface area contributed by atoms with Crippen LogP contribution >= 0.6 is 0 Å². The first-order valence-electron chi connectivity index (χ1n) is 6.57. The van der Waals surface area contributed by atoms with Gasteiger partial charge in [-0.25, -0.2) is 12.8 Å². The Hall–Kier alpha value is -1.95. The predicted molar refractivity (Wildman–Crippen MR) is 80.3 cm³/mol. The number of nitrogens with zero attached hydrogens (tertiary/aromatic N) is 2. The number of hydrogen-bond acceptors (Lipinski definition) is 3. The van der Waals surface area contributed by atoms with E-state index in [0.29, 0.717) is 16.8 Å². The summed E-state index contributed by atoms with van der Waals surface area (Å²) in [5.74, 6) is -0.434. The van der Waals surface area contributed by atoms with Crippen LogP contribution in [0.15, 0.2) is 41.6 Å². The van der Waals surface area contributed by atoms with Crippen LogP contribution < -0.4 is 4.31 Å². The minimum atomic E-state index is -3.74. The summed E-state index contributed by atoms with van der Waals surface area (Å²) in [6, 6.07) is 5.74. The fraction of sp³-hybridized carbons (Fsp3) is 0.267. The van der Waals surface area contributed by atoms with E-state index in [4.69, 9.17) is 0 Å². The van der Waals surface area contributed by atoms with Gasteiger partial charge in [0.15, 0.2) is 0 Å². The van der Waals surface area contributed by atoms with E-state index in [9.17, 15) is 12.8 Å². The van der Waals surface area contributed by atoms with Gasteiger partial charge in [0.25, 0.3) is 10.0 Å². The molecule has 0 fully saturated rings. The Kier molecular flexibility index (Phi) is 4.27. The Labute approximate surface area is 124 Å². The van der Waals surface area contributed by atoms with E-state index in [-0.39, 0.29) is 11.4 Å². The maximum absolute atomic E-state index is 13.4. The van der Waals surface area contributed by atoms with Gasteiger partial charge < -0.3 is 0 Å². The number of anilines is 1. The first-order chi connectivity index (χ1) is 9.87. The molecule has 1 heterocycles. The van der Waals surface area contributed by atoms with Crippen molar-refractivity contribution in [1.29, 1.82) is 0 Å². The largest absolute Gasteiger partial charge is 0.266 e. The number of rotatable bonds is 4. The minimum Gasteiger partial charge on any atom is -0.266 e. The van der Waals surface area contributed by atoms with Crippen LogP contribution in [0.2, 0.25) is 0 Å². The molecule has 2 rings (SSSR count). The molecule has 6 heteroatoms. The molecule has 0 aliphatic carbocycles. The average Bonchev–Trinajstić information content (AvgIpc) is 2.38. The van der Waals surface area contributed by atoms with Crippen LogP contribution in [-0.4, -0.2) is 19.9 Å². The Bertz CT molecular complexity index is 723. The van der Waals surface area contributed by atoms with Crippen LogP contribution in [0.3, 0.4) is 0 Å². The molecule has 1 aromatic carbocycles. The molecule has 0 unspecified atom stereocenters. The molecule has 0 aliphatic heterocycles. The van der Waals surface area contributed by atoms with Gasteiger partial charge in [0.05, 0.1) is 10.6 Å². The molecule has 0 radical (unpaired) electrons. The van der Waals surface area contributed by atoms with Gasteiger partial charge in [-0.05, 0) is 56.2 Å². The maximum atomic E-state index is 13.4. The fourth-order valence-electron chi connectivity index (χ4n) is 2.42. The van der Waals surface area contributed by atoms with Crippen molar-refractivity contribution in [3.05, 3.63) is 53.6 Å². The molecule has 0 aliphatic rings. The van der Waals surface area contributed by atoms with Gasteiger partial charge in [-0.15, -0.1) is 0 Å². The normalized spacial score (nSPS) is 11.4. The molecule has 2 aromatic rings. The number of sulfonamides is 1. The summed E-state index contributed by atoms with van der Waals surface area (Å²) in [7, 11) is -3.74. The number of pyridine rings is 1. The topological polar surface area (TPSA) is 50.3 Å². The zero-order valence-corrected chi connectivity index (χ0v) is 13.0. The van der Waals surface area contributed by atoms with Gasteiger partial charge in [-0.2, -0.15) is 0 Å². The van der Waals surface area contributed by atoms with Crippen LogP contribution in [0.1, 0.15) is 18.1 Å². The number of hydrogen-bond donors (Lipinski definition) is 0. The summed E-state index contributed by atoms with van der Waals surface area (Å²) < 4.78 is 40.5. The minimum absolute atomic E-state index is 0.155. The van der Waals surface area contributed by atoms with Gasteiger partial charge >= 0.3 is 0 Å². The van der Waals surface area contributed by atoms with E-state index in [2.05, 4.69) is 4.98 Å². The summed E-state index contributed by atoms with van der Waals surface area (Å²) in [4.78, 5) is 4.05. The van der Waals surface area contributed by atoms with Crippen molar-refractivity contribution in [2.75, 3.05) is 10.8 Å². The highest BCUT2D eigenvalue weighted by atomic mass is 32.2. The molecule has 0 amide bonds. The van der Waals surface area contributed by atoms with Crippen LogP contribution in [0.5, 0.6) is 0 Å². The molecule has 21 heavy (non-hydrogen) atoms. The number of aryl methyl sites for hydroxylation is 2. The van der Waals surface area contributed by atoms with Crippen molar-refractivity contribution in [1.82, 2.24) is 4.98 Å². The Morgan fingerprint density at radius 3 is 2.14 bits per heavy atom. The number of aromatic nitrogens is 1. The van der Waals surface area contributed by atoms with Crippen LogP contribution in [0.4, 0.5) is 10.1 Å². The quantitative estimate of drug-likeness (QED) is 0.872. The van der Waals surface area contributed by atoms with E-state index in [1.54, 1.807) is 32.9 Å². The van der Waals surface area contributed by atoms with Crippen molar-refractivity contribution in [3.63, 3.8) is 0 Å². The third-order valence-electron chi connectivity index (χ3n) is 3.21. The molecule has 0 atom stereocenters. The van der Waals surface area contributed by atoms with Crippen LogP contribution in [0, 0.1) is 19.7 Å². The van der Waals surface area contributed by atoms with Gasteiger partial charge in [-0.1, -0.05) is 0 Å². The summed E-state index contributed by atoms with van der Waals surface area (Å²) in [6.07, 6.45) is 3.08. The highest BCUT2D eigenvalue weighted by Crippen LogP contribution is 2.28. The molecule has 0 saturated carbocycles. The van der Waals surface area contributed by atoms with Gasteiger partial charge in [0.1, 0.15) is 5.82 Å². The fourth-order valence-corrected chi connectivity index (χ4v) is 4.31. The second kappa shape index (κ2) is 5.81. The van der Waals surface area contributed by atoms with Crippen molar-refractivity contribution >= 4 is 15.7 Å². The second-order valence-corrected chi connectivity index (χ2v) is 6.54. The highest BCUT2D eigenvalue weighted by molar-refractivity contribution is 7.93. The van der Waals surface area contributed by atoms with E-state index in [1.807, 2.05) is 0 Å². The van der Waals surface area contributed by atoms with Crippen molar-refractivity contribution in [2.24, 2.45) is 0 Å². The molecule has 0 spiro atoms. The predicted octanol–water partition coefficient (Wildman–Crippen LogP) is 3.05. The number of benzene rings is 1. The van der Waals surface area contributed by atoms with Crippen molar-refractivity contribution < 1.29 is 12.8 Å². The Morgan fingerprint density at radius 2 is 1.67 bits per heavy atom. The van der Waals surface area contributed by atoms with E-state index >= 15 is 0 Å². The summed E-state index contributed by atoms with van der Waals surface area (Å²) in [6.45, 7) is 5.24. The zero-order chi connectivity index (χ0) is 15.6. The first-order valence-corrected chi connectivity index (χ1v) is 8.01. The smallest absolute Gasteiger partial charge is 0.264 e. The molecule has 4 nitrogen and oxygen atoms in total. The zero-order valence-electron chi connectivity index (χ0n) is 12.2. The molecule has 0 saturated heterocycles. The first kappa shape index (κ1) is 15.4. The van der Waals surface area contributed by atoms with Crippen LogP contribution in [-0.2, 0) is 10.0 Å². The highest BCUT2D eigenvalue weighted by Gasteiger charge is 2.27. The SMILES string of the molecule is CCN(c1ccncc1)S(=O)(=O)c1c(C)cc(F)cc1C. The Balaban J connectivity index is 2.61. The molecular weight excluding hydrogens is 291 g/mol. The van der Waals surface area contributed by atoms with Crippen LogP contribution in [0.25, 0.3) is 0 Å². The van der Waals surface area contributed by atoms with Crippen molar-refractivity contribution in [2.45, 2.75) is 25.7 Å². The van der Waals surface area contributed by atoms with Gasteiger partial charge in [0.2, 0.25) is 0 Å². The lowest BCUT2D eigenvalue weighted by Gasteiger charge is -2.24. The average molecular weight is 308 g/mol. The maximum Gasteiger partial charge on any atom is 0.264 e. The molecule has 1 aromatic heterocycles. The van der Waals surface area contributed by atoms with E-state index < -0.39 is 15.8 Å². The standard InChI is InChI=1S/C15H17FN2O2S/c1-4-18(14-5-7-17-8-6-14)21(19,20)15-11(2)9-13(16)10-12(15)3/h5-10H,4H2,1-3H3. The number of halogens is 1. The van der Waals surface area contributed by atoms with E-state index in [0.717, 1.165) is 0 Å². The lowest BCUT2D eigenvalue weighted by molar-refractivity contribution is 0.588. The third kappa shape index (κ3) is 2.90. The van der Waals surface area contributed by atoms with Crippen molar-refractivity contribution in [3.8, 4) is 0 Å². The lowest BCUT2D eigenvalue weighted by Crippen LogP contribution is -2.31.